The number of allylic oxidation sites excluding steroid dienone is 2. The van der Waals surface area contributed by atoms with Crippen LogP contribution in [-0.4, -0.2) is 88.1 Å². The van der Waals surface area contributed by atoms with Crippen molar-refractivity contribution in [2.24, 2.45) is 7.05 Å². The molecule has 1 aliphatic carbocycles. The van der Waals surface area contributed by atoms with Crippen molar-refractivity contribution in [2.75, 3.05) is 13.1 Å². The molecule has 1 unspecified atom stereocenters. The summed E-state index contributed by atoms with van der Waals surface area (Å²) in [5.74, 6) is -0.213. The van der Waals surface area contributed by atoms with E-state index in [-0.39, 0.29) is 36.2 Å². The normalized spacial score (nSPS) is 17.8. The zero-order valence-corrected chi connectivity index (χ0v) is 31.6. The van der Waals surface area contributed by atoms with Gasteiger partial charge in [0.05, 0.1) is 48.1 Å². The lowest BCUT2D eigenvalue weighted by molar-refractivity contribution is -0.132. The number of nitrogens with one attached hydrogen (secondary N) is 1. The molecule has 2 amide bonds. The average molecular weight is 756 g/mol. The number of hydrogen-bond acceptors (Lipinski definition) is 8. The van der Waals surface area contributed by atoms with E-state index in [1.165, 1.54) is 19.8 Å². The van der Waals surface area contributed by atoms with E-state index in [1.54, 1.807) is 19.4 Å². The first-order valence-corrected chi connectivity index (χ1v) is 19.3. The van der Waals surface area contributed by atoms with Gasteiger partial charge in [-0.05, 0) is 63.2 Å². The highest BCUT2D eigenvalue weighted by atomic mass is 19.1. The van der Waals surface area contributed by atoms with E-state index in [4.69, 9.17) is 0 Å². The van der Waals surface area contributed by atoms with E-state index in [9.17, 15) is 28.4 Å². The van der Waals surface area contributed by atoms with Gasteiger partial charge in [0, 0.05) is 56.7 Å². The molecule has 1 saturated heterocycles. The minimum Gasteiger partial charge on any atom is -0.345 e. The first-order chi connectivity index (χ1) is 26.6. The van der Waals surface area contributed by atoms with Gasteiger partial charge >= 0.3 is 5.69 Å². The van der Waals surface area contributed by atoms with Crippen LogP contribution in [0.25, 0.3) is 28.4 Å². The van der Waals surface area contributed by atoms with E-state index in [1.807, 2.05) is 40.9 Å². The fourth-order valence-electron chi connectivity index (χ4n) is 7.43. The van der Waals surface area contributed by atoms with Crippen molar-refractivity contribution in [3.63, 3.8) is 0 Å². The van der Waals surface area contributed by atoms with Crippen molar-refractivity contribution in [3.8, 4) is 11.1 Å². The predicted octanol–water partition coefficient (Wildman–Crippen LogP) is 5.29. The number of rotatable bonds is 19. The maximum Gasteiger partial charge on any atom is 0.329 e. The van der Waals surface area contributed by atoms with Crippen LogP contribution in [0.5, 0.6) is 0 Å². The molecule has 3 atom stereocenters. The van der Waals surface area contributed by atoms with Gasteiger partial charge in [0.1, 0.15) is 24.4 Å². The van der Waals surface area contributed by atoms with Crippen LogP contribution in [0.3, 0.4) is 0 Å². The van der Waals surface area contributed by atoms with Crippen LogP contribution >= 0.6 is 0 Å². The van der Waals surface area contributed by atoms with Crippen LogP contribution < -0.4 is 11.0 Å². The van der Waals surface area contributed by atoms with Crippen LogP contribution in [0.15, 0.2) is 48.3 Å². The zero-order chi connectivity index (χ0) is 39.1. The highest BCUT2D eigenvalue weighted by molar-refractivity contribution is 5.93. The number of aromatic nitrogens is 7. The summed E-state index contributed by atoms with van der Waals surface area (Å²) in [6.45, 7) is 7.49. The Kier molecular flexibility index (Phi) is 12.7. The molecule has 0 radical (unpaired) electrons. The zero-order valence-electron chi connectivity index (χ0n) is 31.6. The molecule has 15 heteroatoms. The fraction of sp³-hybridized carbons (Fsp3) is 0.500. The number of imidazole rings is 2. The van der Waals surface area contributed by atoms with Crippen molar-refractivity contribution in [2.45, 2.75) is 108 Å². The molecule has 14 nitrogen and oxygen atoms in total. The Morgan fingerprint density at radius 2 is 1.75 bits per heavy atom. The number of carbonyl (C=O) groups is 4. The summed E-state index contributed by atoms with van der Waals surface area (Å²) in [6, 6.07) is 0.864. The molecule has 1 aliphatic heterocycles. The van der Waals surface area contributed by atoms with Gasteiger partial charge in [-0.15, -0.1) is 0 Å². The molecule has 1 N–H and O–H groups in total. The van der Waals surface area contributed by atoms with Crippen molar-refractivity contribution in [1.29, 1.82) is 0 Å². The van der Waals surface area contributed by atoms with Crippen molar-refractivity contribution in [1.82, 2.24) is 43.7 Å². The first-order valence-electron chi connectivity index (χ1n) is 19.3. The van der Waals surface area contributed by atoms with E-state index in [0.717, 1.165) is 74.2 Å². The van der Waals surface area contributed by atoms with Gasteiger partial charge in [-0.1, -0.05) is 31.9 Å². The largest absolute Gasteiger partial charge is 0.345 e. The molecular formula is C40H50FN9O5. The van der Waals surface area contributed by atoms with Crippen molar-refractivity contribution >= 4 is 41.7 Å². The molecular weight excluding hydrogens is 705 g/mol. The number of nitrogens with zero attached hydrogens (tertiary/aromatic N) is 8. The first kappa shape index (κ1) is 39.2. The standard InChI is InChI=1S/C40H50FN9O5/c1-4-11-34-38(46(3)40(55)49(34)31(26-52)13-10-19-51)27(2)12-8-6-5-7-9-14-37(53)47-17-15-30(16-18-47)48-25-29(23-43-48)28-20-36-42-24-35(50(36)44-22-28)39(54)45-33-21-32(33)41/h4,11,19-20,22-26,30-33H,2,5-10,12-18,21H2,1,3H3,(H,45,54)/b11-4-/t31?,32-,33+/m0/s1. The molecule has 55 heavy (non-hydrogen) atoms. The van der Waals surface area contributed by atoms with E-state index in [2.05, 4.69) is 27.1 Å². The van der Waals surface area contributed by atoms with Crippen LogP contribution in [0.4, 0.5) is 4.39 Å². The molecule has 0 spiro atoms. The van der Waals surface area contributed by atoms with Crippen LogP contribution in [0.2, 0.25) is 0 Å². The van der Waals surface area contributed by atoms with Crippen molar-refractivity contribution in [3.05, 3.63) is 71.1 Å². The van der Waals surface area contributed by atoms with Crippen LogP contribution in [0, 0.1) is 0 Å². The summed E-state index contributed by atoms with van der Waals surface area (Å²) >= 11 is 0. The van der Waals surface area contributed by atoms with Gasteiger partial charge in [0.2, 0.25) is 5.91 Å². The number of fused-ring (bicyclic) bond motifs is 1. The third kappa shape index (κ3) is 8.92. The second-order valence-electron chi connectivity index (χ2n) is 14.6. The molecule has 2 aliphatic rings. The molecule has 0 bridgehead atoms. The lowest BCUT2D eigenvalue weighted by atomic mass is 10.0. The monoisotopic (exact) mass is 755 g/mol. The lowest BCUT2D eigenvalue weighted by Crippen LogP contribution is -2.39. The number of piperidine rings is 1. The Labute approximate surface area is 319 Å². The summed E-state index contributed by atoms with van der Waals surface area (Å²) < 4.78 is 19.7. The van der Waals surface area contributed by atoms with Gasteiger partial charge in [-0.25, -0.2) is 18.7 Å². The average Bonchev–Trinajstić information content (AvgIpc) is 3.52. The van der Waals surface area contributed by atoms with Gasteiger partial charge in [0.25, 0.3) is 5.91 Å². The highest BCUT2D eigenvalue weighted by Crippen LogP contribution is 2.29. The fourth-order valence-corrected chi connectivity index (χ4v) is 7.43. The number of amides is 2. The number of aldehydes is 2. The topological polar surface area (TPSA) is 158 Å². The molecule has 5 heterocycles. The third-order valence-electron chi connectivity index (χ3n) is 10.7. The van der Waals surface area contributed by atoms with E-state index in [0.29, 0.717) is 49.4 Å². The molecule has 0 aromatic carbocycles. The number of halogens is 1. The Morgan fingerprint density at radius 3 is 2.44 bits per heavy atom. The summed E-state index contributed by atoms with van der Waals surface area (Å²) in [7, 11) is 1.69. The quantitative estimate of drug-likeness (QED) is 0.0999. The Bertz CT molecular complexity index is 2120. The maximum atomic E-state index is 13.2. The molecule has 1 saturated carbocycles. The lowest BCUT2D eigenvalue weighted by Gasteiger charge is -2.32. The van der Waals surface area contributed by atoms with Crippen LogP contribution in [0.1, 0.15) is 118 Å². The van der Waals surface area contributed by atoms with Gasteiger partial charge in [-0.3, -0.25) is 23.4 Å². The Balaban J connectivity index is 0.908. The summed E-state index contributed by atoms with van der Waals surface area (Å²) in [5.41, 5.74) is 4.33. The van der Waals surface area contributed by atoms with Gasteiger partial charge in [0.15, 0.2) is 5.65 Å². The molecule has 6 rings (SSSR count). The smallest absolute Gasteiger partial charge is 0.329 e. The second-order valence-corrected chi connectivity index (χ2v) is 14.6. The van der Waals surface area contributed by atoms with E-state index >= 15 is 0 Å². The number of carbonyl (C=O) groups excluding carboxylic acids is 4. The number of unbranched alkanes of at least 4 members (excludes halogenated alkanes) is 4. The summed E-state index contributed by atoms with van der Waals surface area (Å²) in [5, 5.41) is 11.7. The van der Waals surface area contributed by atoms with Crippen LogP contribution in [-0.2, 0) is 21.4 Å². The summed E-state index contributed by atoms with van der Waals surface area (Å²) in [6.07, 6.45) is 19.3. The minimum atomic E-state index is -0.989. The molecule has 4 aromatic rings. The Hall–Kier alpha value is -5.47. The maximum absolute atomic E-state index is 13.2. The summed E-state index contributed by atoms with van der Waals surface area (Å²) in [4.78, 5) is 67.7. The van der Waals surface area contributed by atoms with Gasteiger partial charge in [-0.2, -0.15) is 10.2 Å². The highest BCUT2D eigenvalue weighted by Gasteiger charge is 2.39. The second kappa shape index (κ2) is 17.8. The number of hydrogen-bond donors (Lipinski definition) is 1. The molecule has 4 aromatic heterocycles. The van der Waals surface area contributed by atoms with Gasteiger partial charge < -0.3 is 19.8 Å². The minimum absolute atomic E-state index is 0.177. The number of likely N-dealkylation sites (tertiary alicyclic amines) is 1. The molecule has 2 fully saturated rings. The molecule has 292 valence electrons. The Morgan fingerprint density at radius 1 is 1.04 bits per heavy atom. The van der Waals surface area contributed by atoms with Crippen molar-refractivity contribution < 1.29 is 23.6 Å². The van der Waals surface area contributed by atoms with E-state index < -0.39 is 24.2 Å². The number of alkyl halides is 1. The third-order valence-corrected chi connectivity index (χ3v) is 10.7. The predicted molar refractivity (Wildman–Crippen MR) is 206 cm³/mol. The SMILES string of the molecule is C=C(CCCCCCCC(=O)N1CCC(n2cc(-c3cnn4c(C(=O)N[C@@H]5C[C@@H]5F)cnc4c3)cn2)CC1)c1c(/C=C\C)n(C(C=O)CCC=O)c(=O)n1C.